The van der Waals surface area contributed by atoms with Crippen LogP contribution in [-0.2, 0) is 16.8 Å². The number of hydrogen-bond donors (Lipinski definition) is 1. The second-order valence-electron chi connectivity index (χ2n) is 6.98. The van der Waals surface area contributed by atoms with E-state index in [2.05, 4.69) is 15.0 Å². The van der Waals surface area contributed by atoms with Crippen LogP contribution in [0.2, 0.25) is 0 Å². The SMILES string of the molecule is CCC1(C(=O)O)CCN(Cc2noc(C(C)(C)C)n2)CC1. The fourth-order valence-corrected chi connectivity index (χ4v) is 2.68. The zero-order valence-corrected chi connectivity index (χ0v) is 13.3. The van der Waals surface area contributed by atoms with Crippen molar-refractivity contribution < 1.29 is 14.4 Å². The summed E-state index contributed by atoms with van der Waals surface area (Å²) in [5.74, 6) is 0.654. The number of carbonyl (C=O) groups is 1. The molecule has 118 valence electrons. The summed E-state index contributed by atoms with van der Waals surface area (Å²) in [7, 11) is 0. The smallest absolute Gasteiger partial charge is 0.309 e. The van der Waals surface area contributed by atoms with E-state index in [-0.39, 0.29) is 5.41 Å². The average molecular weight is 295 g/mol. The highest BCUT2D eigenvalue weighted by Crippen LogP contribution is 2.35. The quantitative estimate of drug-likeness (QED) is 0.919. The van der Waals surface area contributed by atoms with E-state index < -0.39 is 11.4 Å². The lowest BCUT2D eigenvalue weighted by Gasteiger charge is -2.37. The topological polar surface area (TPSA) is 79.5 Å². The Morgan fingerprint density at radius 3 is 2.43 bits per heavy atom. The van der Waals surface area contributed by atoms with E-state index in [0.717, 1.165) is 13.1 Å². The third-order valence-corrected chi connectivity index (χ3v) is 4.42. The standard InChI is InChI=1S/C15H25N3O3/c1-5-15(13(19)20)6-8-18(9-7-15)10-11-16-12(21-17-11)14(2,3)4/h5-10H2,1-4H3,(H,19,20). The van der Waals surface area contributed by atoms with Gasteiger partial charge in [0.15, 0.2) is 5.82 Å². The van der Waals surface area contributed by atoms with E-state index in [9.17, 15) is 9.90 Å². The van der Waals surface area contributed by atoms with Crippen LogP contribution in [0.15, 0.2) is 4.52 Å². The molecule has 6 heteroatoms. The van der Waals surface area contributed by atoms with Crippen LogP contribution in [0.4, 0.5) is 0 Å². The molecule has 1 aromatic heterocycles. The molecule has 0 spiro atoms. The van der Waals surface area contributed by atoms with Gasteiger partial charge in [-0.05, 0) is 32.4 Å². The van der Waals surface area contributed by atoms with Gasteiger partial charge in [0.1, 0.15) is 0 Å². The first-order chi connectivity index (χ1) is 9.77. The number of carboxylic acids is 1. The molecule has 2 rings (SSSR count). The Labute approximate surface area is 125 Å². The second-order valence-corrected chi connectivity index (χ2v) is 6.98. The number of nitrogens with zero attached hydrogens (tertiary/aromatic N) is 3. The summed E-state index contributed by atoms with van der Waals surface area (Å²) in [6.45, 7) is 10.2. The highest BCUT2D eigenvalue weighted by molar-refractivity contribution is 5.74. The van der Waals surface area contributed by atoms with Crippen LogP contribution in [0.25, 0.3) is 0 Å². The van der Waals surface area contributed by atoms with Crippen LogP contribution in [0.5, 0.6) is 0 Å². The van der Waals surface area contributed by atoms with Gasteiger partial charge in [-0.1, -0.05) is 32.9 Å². The third-order valence-electron chi connectivity index (χ3n) is 4.42. The highest BCUT2D eigenvalue weighted by atomic mass is 16.5. The maximum Gasteiger partial charge on any atom is 0.309 e. The normalized spacial score (nSPS) is 19.6. The molecule has 0 amide bonds. The van der Waals surface area contributed by atoms with Gasteiger partial charge >= 0.3 is 5.97 Å². The zero-order chi connectivity index (χ0) is 15.7. The highest BCUT2D eigenvalue weighted by Gasteiger charge is 2.40. The monoisotopic (exact) mass is 295 g/mol. The zero-order valence-electron chi connectivity index (χ0n) is 13.3. The third kappa shape index (κ3) is 3.43. The number of aromatic nitrogens is 2. The minimum atomic E-state index is -0.667. The van der Waals surface area contributed by atoms with Gasteiger partial charge in [-0.15, -0.1) is 0 Å². The fourth-order valence-electron chi connectivity index (χ4n) is 2.68. The Hall–Kier alpha value is -1.43. The second kappa shape index (κ2) is 5.75. The molecule has 6 nitrogen and oxygen atoms in total. The van der Waals surface area contributed by atoms with E-state index in [1.54, 1.807) is 0 Å². The summed E-state index contributed by atoms with van der Waals surface area (Å²) < 4.78 is 5.29. The minimum absolute atomic E-state index is 0.145. The van der Waals surface area contributed by atoms with E-state index in [1.165, 1.54) is 0 Å². The van der Waals surface area contributed by atoms with Crippen molar-refractivity contribution >= 4 is 5.97 Å². The first-order valence-corrected chi connectivity index (χ1v) is 7.56. The van der Waals surface area contributed by atoms with Gasteiger partial charge in [0.25, 0.3) is 0 Å². The molecule has 1 aliphatic rings. The number of rotatable bonds is 4. The van der Waals surface area contributed by atoms with Crippen LogP contribution in [-0.4, -0.2) is 39.2 Å². The lowest BCUT2D eigenvalue weighted by atomic mass is 9.76. The Morgan fingerprint density at radius 2 is 2.00 bits per heavy atom. The summed E-state index contributed by atoms with van der Waals surface area (Å²) in [4.78, 5) is 18.1. The number of carboxylic acid groups (broad SMARTS) is 1. The van der Waals surface area contributed by atoms with Crippen molar-refractivity contribution in [3.05, 3.63) is 11.7 Å². The molecule has 0 saturated carbocycles. The van der Waals surface area contributed by atoms with E-state index in [1.807, 2.05) is 27.7 Å². The van der Waals surface area contributed by atoms with Gasteiger partial charge in [-0.2, -0.15) is 4.98 Å². The largest absolute Gasteiger partial charge is 0.481 e. The molecule has 0 bridgehead atoms. The van der Waals surface area contributed by atoms with Crippen LogP contribution in [0.3, 0.4) is 0 Å². The summed E-state index contributed by atoms with van der Waals surface area (Å²) in [6.07, 6.45) is 2.05. The van der Waals surface area contributed by atoms with Crippen LogP contribution < -0.4 is 0 Å². The first-order valence-electron chi connectivity index (χ1n) is 7.56. The van der Waals surface area contributed by atoms with Gasteiger partial charge in [0, 0.05) is 5.41 Å². The molecular weight excluding hydrogens is 270 g/mol. The van der Waals surface area contributed by atoms with Crippen LogP contribution in [0.1, 0.15) is 58.7 Å². The molecule has 0 aromatic carbocycles. The lowest BCUT2D eigenvalue weighted by Crippen LogP contribution is -2.43. The number of aliphatic carboxylic acids is 1. The maximum atomic E-state index is 11.4. The number of likely N-dealkylation sites (tertiary alicyclic amines) is 1. The molecule has 1 aromatic rings. The predicted molar refractivity (Wildman–Crippen MR) is 77.9 cm³/mol. The van der Waals surface area contributed by atoms with Crippen molar-refractivity contribution in [2.45, 2.75) is 58.9 Å². The minimum Gasteiger partial charge on any atom is -0.481 e. The Kier molecular flexibility index (Phi) is 4.37. The molecule has 0 atom stereocenters. The van der Waals surface area contributed by atoms with Gasteiger partial charge in [-0.3, -0.25) is 9.69 Å². The summed E-state index contributed by atoms with van der Waals surface area (Å²) in [5, 5.41) is 13.4. The molecule has 2 heterocycles. The summed E-state index contributed by atoms with van der Waals surface area (Å²) in [6, 6.07) is 0. The molecule has 0 unspecified atom stereocenters. The van der Waals surface area contributed by atoms with Crippen molar-refractivity contribution in [1.29, 1.82) is 0 Å². The van der Waals surface area contributed by atoms with Gasteiger partial charge in [0.05, 0.1) is 12.0 Å². The summed E-state index contributed by atoms with van der Waals surface area (Å²) in [5.41, 5.74) is -0.696. The first kappa shape index (κ1) is 15.9. The van der Waals surface area contributed by atoms with Crippen molar-refractivity contribution in [2.75, 3.05) is 13.1 Å². The maximum absolute atomic E-state index is 11.4. The predicted octanol–water partition coefficient (Wildman–Crippen LogP) is 2.44. The van der Waals surface area contributed by atoms with E-state index in [0.29, 0.717) is 37.5 Å². The fraction of sp³-hybridized carbons (Fsp3) is 0.800. The Morgan fingerprint density at radius 1 is 1.38 bits per heavy atom. The number of piperidine rings is 1. The molecular formula is C15H25N3O3. The van der Waals surface area contributed by atoms with Crippen molar-refractivity contribution in [2.24, 2.45) is 5.41 Å². The molecule has 1 saturated heterocycles. The lowest BCUT2D eigenvalue weighted by molar-refractivity contribution is -0.152. The Bertz CT molecular complexity index is 497. The Balaban J connectivity index is 1.95. The summed E-state index contributed by atoms with van der Waals surface area (Å²) >= 11 is 0. The molecule has 1 aliphatic heterocycles. The van der Waals surface area contributed by atoms with Crippen molar-refractivity contribution in [3.63, 3.8) is 0 Å². The van der Waals surface area contributed by atoms with Gasteiger partial charge in [0.2, 0.25) is 5.89 Å². The van der Waals surface area contributed by atoms with Crippen molar-refractivity contribution in [1.82, 2.24) is 15.0 Å². The van der Waals surface area contributed by atoms with E-state index in [4.69, 9.17) is 4.52 Å². The number of hydrogen-bond acceptors (Lipinski definition) is 5. The van der Waals surface area contributed by atoms with Crippen LogP contribution in [0, 0.1) is 5.41 Å². The van der Waals surface area contributed by atoms with E-state index >= 15 is 0 Å². The average Bonchev–Trinajstić information content (AvgIpc) is 2.88. The van der Waals surface area contributed by atoms with Crippen LogP contribution >= 0.6 is 0 Å². The molecule has 1 N–H and O–H groups in total. The molecule has 21 heavy (non-hydrogen) atoms. The van der Waals surface area contributed by atoms with Crippen molar-refractivity contribution in [3.8, 4) is 0 Å². The van der Waals surface area contributed by atoms with Gasteiger partial charge in [-0.25, -0.2) is 0 Å². The molecule has 1 fully saturated rings. The molecule has 0 aliphatic carbocycles. The molecule has 0 radical (unpaired) electrons. The van der Waals surface area contributed by atoms with Gasteiger partial charge < -0.3 is 9.63 Å².